The maximum Gasteiger partial charge on any atom is 0.242 e. The van der Waals surface area contributed by atoms with Crippen molar-refractivity contribution < 1.29 is 4.79 Å². The van der Waals surface area contributed by atoms with Crippen LogP contribution in [0.5, 0.6) is 0 Å². The Bertz CT molecular complexity index is 425. The smallest absolute Gasteiger partial charge is 0.242 e. The van der Waals surface area contributed by atoms with E-state index in [2.05, 4.69) is 26.6 Å². The number of hydrogen-bond donors (Lipinski definition) is 2. The molecule has 0 heterocycles. The second-order valence-corrected chi connectivity index (χ2v) is 5.57. The van der Waals surface area contributed by atoms with Crippen LogP contribution in [0, 0.1) is 0 Å². The second kappa shape index (κ2) is 7.00. The Labute approximate surface area is 121 Å². The first kappa shape index (κ1) is 15.3. The van der Waals surface area contributed by atoms with Crippen LogP contribution in [0.1, 0.15) is 27.2 Å². The van der Waals surface area contributed by atoms with Crippen LogP contribution >= 0.6 is 27.5 Å². The molecule has 100 valence electrons. The molecule has 0 aliphatic heterocycles. The quantitative estimate of drug-likeness (QED) is 0.860. The van der Waals surface area contributed by atoms with Crippen LogP contribution in [-0.4, -0.2) is 18.0 Å². The third kappa shape index (κ3) is 4.50. The van der Waals surface area contributed by atoms with Gasteiger partial charge in [0.15, 0.2) is 0 Å². The standard InChI is InChI=1S/C13H18BrClN2O/c1-4-8(2)16-13(18)9(3)17-10-5-6-12(15)11(14)7-10/h5-9,17H,4H2,1-3H3,(H,16,18). The number of benzene rings is 1. The summed E-state index contributed by atoms with van der Waals surface area (Å²) in [6.07, 6.45) is 0.922. The average molecular weight is 334 g/mol. The molecule has 18 heavy (non-hydrogen) atoms. The van der Waals surface area contributed by atoms with Crippen molar-refractivity contribution in [1.82, 2.24) is 5.32 Å². The van der Waals surface area contributed by atoms with Gasteiger partial charge in [0, 0.05) is 16.2 Å². The molecule has 0 bridgehead atoms. The first-order valence-corrected chi connectivity index (χ1v) is 7.13. The maximum atomic E-state index is 11.9. The lowest BCUT2D eigenvalue weighted by molar-refractivity contribution is -0.122. The summed E-state index contributed by atoms with van der Waals surface area (Å²) in [6.45, 7) is 5.86. The average Bonchev–Trinajstić information content (AvgIpc) is 2.33. The molecule has 1 aromatic carbocycles. The molecule has 2 N–H and O–H groups in total. The zero-order chi connectivity index (χ0) is 13.7. The van der Waals surface area contributed by atoms with Crippen molar-refractivity contribution in [3.63, 3.8) is 0 Å². The van der Waals surface area contributed by atoms with Gasteiger partial charge < -0.3 is 10.6 Å². The van der Waals surface area contributed by atoms with Crippen molar-refractivity contribution in [2.24, 2.45) is 0 Å². The Morgan fingerprint density at radius 3 is 2.67 bits per heavy atom. The van der Waals surface area contributed by atoms with Crippen molar-refractivity contribution >= 4 is 39.1 Å². The van der Waals surface area contributed by atoms with Crippen LogP contribution in [0.3, 0.4) is 0 Å². The number of nitrogens with one attached hydrogen (secondary N) is 2. The van der Waals surface area contributed by atoms with Gasteiger partial charge >= 0.3 is 0 Å². The topological polar surface area (TPSA) is 41.1 Å². The number of anilines is 1. The van der Waals surface area contributed by atoms with Gasteiger partial charge in [-0.1, -0.05) is 18.5 Å². The molecule has 0 aliphatic carbocycles. The third-order valence-corrected chi connectivity index (χ3v) is 3.91. The molecule has 0 radical (unpaired) electrons. The third-order valence-electron chi connectivity index (χ3n) is 2.70. The van der Waals surface area contributed by atoms with Crippen LogP contribution in [0.4, 0.5) is 5.69 Å². The van der Waals surface area contributed by atoms with Gasteiger partial charge in [-0.2, -0.15) is 0 Å². The zero-order valence-corrected chi connectivity index (χ0v) is 13.1. The number of carbonyl (C=O) groups is 1. The van der Waals surface area contributed by atoms with Crippen molar-refractivity contribution in [2.45, 2.75) is 39.3 Å². The number of carbonyl (C=O) groups excluding carboxylic acids is 1. The normalized spacial score (nSPS) is 13.8. The van der Waals surface area contributed by atoms with Crippen LogP contribution in [-0.2, 0) is 4.79 Å². The summed E-state index contributed by atoms with van der Waals surface area (Å²) in [4.78, 5) is 11.9. The first-order valence-electron chi connectivity index (χ1n) is 5.96. The minimum atomic E-state index is -0.285. The summed E-state index contributed by atoms with van der Waals surface area (Å²) in [5.41, 5.74) is 0.859. The van der Waals surface area contributed by atoms with Crippen molar-refractivity contribution in [2.75, 3.05) is 5.32 Å². The van der Waals surface area contributed by atoms with E-state index in [1.54, 1.807) is 6.07 Å². The molecule has 5 heteroatoms. The molecule has 0 aliphatic rings. The fourth-order valence-electron chi connectivity index (χ4n) is 1.37. The highest BCUT2D eigenvalue weighted by Crippen LogP contribution is 2.25. The second-order valence-electron chi connectivity index (χ2n) is 4.31. The molecule has 1 rings (SSSR count). The fraction of sp³-hybridized carbons (Fsp3) is 0.462. The minimum absolute atomic E-state index is 0.00424. The van der Waals surface area contributed by atoms with Crippen LogP contribution in [0.25, 0.3) is 0 Å². The first-order chi connectivity index (χ1) is 8.43. The number of hydrogen-bond acceptors (Lipinski definition) is 2. The Morgan fingerprint density at radius 1 is 1.44 bits per heavy atom. The van der Waals surface area contributed by atoms with E-state index in [-0.39, 0.29) is 18.0 Å². The van der Waals surface area contributed by atoms with E-state index < -0.39 is 0 Å². The predicted octanol–water partition coefficient (Wildman–Crippen LogP) is 3.82. The Kier molecular flexibility index (Phi) is 5.96. The van der Waals surface area contributed by atoms with Gasteiger partial charge in [0.1, 0.15) is 6.04 Å². The predicted molar refractivity (Wildman–Crippen MR) is 80.1 cm³/mol. The van der Waals surface area contributed by atoms with E-state index in [1.165, 1.54) is 0 Å². The molecule has 0 spiro atoms. The van der Waals surface area contributed by atoms with Gasteiger partial charge in [-0.05, 0) is 54.4 Å². The molecule has 0 saturated heterocycles. The molecule has 1 amide bonds. The number of amides is 1. The lowest BCUT2D eigenvalue weighted by Gasteiger charge is -2.18. The van der Waals surface area contributed by atoms with Crippen molar-refractivity contribution in [3.8, 4) is 0 Å². The van der Waals surface area contributed by atoms with E-state index in [4.69, 9.17) is 11.6 Å². The van der Waals surface area contributed by atoms with E-state index in [0.29, 0.717) is 5.02 Å². The molecule has 3 nitrogen and oxygen atoms in total. The lowest BCUT2D eigenvalue weighted by Crippen LogP contribution is -2.41. The highest BCUT2D eigenvalue weighted by molar-refractivity contribution is 9.10. The summed E-state index contributed by atoms with van der Waals surface area (Å²) in [5.74, 6) is -0.00424. The van der Waals surface area contributed by atoms with E-state index >= 15 is 0 Å². The molecule has 0 fully saturated rings. The molecule has 2 unspecified atom stereocenters. The van der Waals surface area contributed by atoms with Gasteiger partial charge in [0.2, 0.25) is 5.91 Å². The molecule has 0 aromatic heterocycles. The Hall–Kier alpha value is -0.740. The minimum Gasteiger partial charge on any atom is -0.374 e. The largest absolute Gasteiger partial charge is 0.374 e. The van der Waals surface area contributed by atoms with E-state index in [1.807, 2.05) is 32.9 Å². The molecular formula is C13H18BrClN2O. The van der Waals surface area contributed by atoms with Crippen LogP contribution in [0.2, 0.25) is 5.02 Å². The summed E-state index contributed by atoms with van der Waals surface area (Å²) in [5, 5.41) is 6.73. The molecular weight excluding hydrogens is 316 g/mol. The van der Waals surface area contributed by atoms with Crippen molar-refractivity contribution in [1.29, 1.82) is 0 Å². The SMILES string of the molecule is CCC(C)NC(=O)C(C)Nc1ccc(Cl)c(Br)c1. The van der Waals surface area contributed by atoms with Gasteiger partial charge in [-0.3, -0.25) is 4.79 Å². The summed E-state index contributed by atoms with van der Waals surface area (Å²) in [7, 11) is 0. The number of rotatable bonds is 5. The van der Waals surface area contributed by atoms with Gasteiger partial charge in [0.25, 0.3) is 0 Å². The molecule has 1 aromatic rings. The fourth-order valence-corrected chi connectivity index (χ4v) is 1.87. The van der Waals surface area contributed by atoms with E-state index in [9.17, 15) is 4.79 Å². The van der Waals surface area contributed by atoms with Gasteiger partial charge in [0.05, 0.1) is 5.02 Å². The summed E-state index contributed by atoms with van der Waals surface area (Å²) in [6, 6.07) is 5.40. The van der Waals surface area contributed by atoms with Crippen molar-refractivity contribution in [3.05, 3.63) is 27.7 Å². The summed E-state index contributed by atoms with van der Waals surface area (Å²) < 4.78 is 0.809. The monoisotopic (exact) mass is 332 g/mol. The highest BCUT2D eigenvalue weighted by Gasteiger charge is 2.14. The molecule has 2 atom stereocenters. The molecule has 0 saturated carbocycles. The zero-order valence-electron chi connectivity index (χ0n) is 10.8. The van der Waals surface area contributed by atoms with Crippen LogP contribution in [0.15, 0.2) is 22.7 Å². The number of halogens is 2. The Morgan fingerprint density at radius 2 is 2.11 bits per heavy atom. The van der Waals surface area contributed by atoms with E-state index in [0.717, 1.165) is 16.6 Å². The van der Waals surface area contributed by atoms with Gasteiger partial charge in [-0.15, -0.1) is 0 Å². The Balaban J connectivity index is 2.60. The lowest BCUT2D eigenvalue weighted by atomic mass is 10.2. The van der Waals surface area contributed by atoms with Crippen LogP contribution < -0.4 is 10.6 Å². The van der Waals surface area contributed by atoms with Gasteiger partial charge in [-0.25, -0.2) is 0 Å². The summed E-state index contributed by atoms with van der Waals surface area (Å²) >= 11 is 9.27. The highest BCUT2D eigenvalue weighted by atomic mass is 79.9. The maximum absolute atomic E-state index is 11.9.